The first-order chi connectivity index (χ1) is 10.5. The molecule has 22 heavy (non-hydrogen) atoms. The second kappa shape index (κ2) is 7.40. The van der Waals surface area contributed by atoms with Gasteiger partial charge in [0.15, 0.2) is 6.04 Å². The molecule has 5 nitrogen and oxygen atoms in total. The van der Waals surface area contributed by atoms with Crippen molar-refractivity contribution >= 4 is 11.9 Å². The Labute approximate surface area is 130 Å². The summed E-state index contributed by atoms with van der Waals surface area (Å²) in [6.07, 6.45) is 3.06. The van der Waals surface area contributed by atoms with Crippen LogP contribution in [0.5, 0.6) is 0 Å². The number of carboxylic acids is 1. The number of amides is 1. The number of carbonyl (C=O) groups is 2. The van der Waals surface area contributed by atoms with Gasteiger partial charge in [-0.05, 0) is 49.8 Å². The Morgan fingerprint density at radius 1 is 1.32 bits per heavy atom. The van der Waals surface area contributed by atoms with Crippen LogP contribution in [-0.2, 0) is 14.3 Å². The van der Waals surface area contributed by atoms with Crippen LogP contribution in [-0.4, -0.2) is 29.7 Å². The second-order valence-corrected chi connectivity index (χ2v) is 5.88. The predicted octanol–water partition coefficient (Wildman–Crippen LogP) is 2.50. The van der Waals surface area contributed by atoms with E-state index in [2.05, 4.69) is 5.32 Å². The van der Waals surface area contributed by atoms with E-state index in [1.54, 1.807) is 6.07 Å². The van der Waals surface area contributed by atoms with Gasteiger partial charge >= 0.3 is 5.97 Å². The van der Waals surface area contributed by atoms with Gasteiger partial charge in [0.1, 0.15) is 0 Å². The zero-order chi connectivity index (χ0) is 16.1. The molecule has 2 N–H and O–H groups in total. The maximum absolute atomic E-state index is 12.1. The Bertz CT molecular complexity index is 550. The Hall–Kier alpha value is -1.88. The number of ether oxygens (including phenoxy) is 1. The summed E-state index contributed by atoms with van der Waals surface area (Å²) in [6.45, 7) is 4.57. The third kappa shape index (κ3) is 4.31. The Morgan fingerprint density at radius 2 is 2.09 bits per heavy atom. The van der Waals surface area contributed by atoms with Crippen molar-refractivity contribution in [3.05, 3.63) is 34.9 Å². The van der Waals surface area contributed by atoms with Gasteiger partial charge in [0.25, 0.3) is 0 Å². The first kappa shape index (κ1) is 16.5. The predicted molar refractivity (Wildman–Crippen MR) is 82.6 cm³/mol. The standard InChI is InChI=1S/C17H23NO4/c1-11-6-7-13(9-12(11)2)16(17(20)21)18-15(19)10-14-5-3-4-8-22-14/h6-7,9,14,16H,3-5,8,10H2,1-2H3,(H,18,19)(H,20,21). The van der Waals surface area contributed by atoms with Crippen molar-refractivity contribution in [1.82, 2.24) is 5.32 Å². The molecule has 1 saturated heterocycles. The highest BCUT2D eigenvalue weighted by molar-refractivity contribution is 5.84. The minimum atomic E-state index is -1.05. The number of hydrogen-bond donors (Lipinski definition) is 2. The average molecular weight is 305 g/mol. The zero-order valence-corrected chi connectivity index (χ0v) is 13.1. The maximum Gasteiger partial charge on any atom is 0.330 e. The van der Waals surface area contributed by atoms with E-state index in [0.29, 0.717) is 12.2 Å². The van der Waals surface area contributed by atoms with Crippen molar-refractivity contribution in [2.24, 2.45) is 0 Å². The number of carboxylic acid groups (broad SMARTS) is 1. The van der Waals surface area contributed by atoms with Crippen molar-refractivity contribution in [1.29, 1.82) is 0 Å². The van der Waals surface area contributed by atoms with Gasteiger partial charge in [0.2, 0.25) is 5.91 Å². The molecule has 120 valence electrons. The minimum Gasteiger partial charge on any atom is -0.479 e. The van der Waals surface area contributed by atoms with Crippen molar-refractivity contribution in [2.45, 2.75) is 51.7 Å². The number of rotatable bonds is 5. The molecule has 1 aromatic carbocycles. The average Bonchev–Trinajstić information content (AvgIpc) is 2.48. The van der Waals surface area contributed by atoms with Crippen LogP contribution in [0.4, 0.5) is 0 Å². The Balaban J connectivity index is 2.03. The largest absolute Gasteiger partial charge is 0.479 e. The summed E-state index contributed by atoms with van der Waals surface area (Å²) in [5, 5.41) is 12.0. The van der Waals surface area contributed by atoms with Gasteiger partial charge in [-0.15, -0.1) is 0 Å². The molecule has 1 amide bonds. The van der Waals surface area contributed by atoms with E-state index >= 15 is 0 Å². The van der Waals surface area contributed by atoms with Crippen LogP contribution in [0.3, 0.4) is 0 Å². The lowest BCUT2D eigenvalue weighted by Crippen LogP contribution is -2.36. The van der Waals surface area contributed by atoms with E-state index in [1.165, 1.54) is 0 Å². The normalized spacial score (nSPS) is 19.5. The van der Waals surface area contributed by atoms with E-state index in [-0.39, 0.29) is 18.4 Å². The fourth-order valence-corrected chi connectivity index (χ4v) is 2.63. The quantitative estimate of drug-likeness (QED) is 0.876. The lowest BCUT2D eigenvalue weighted by molar-refractivity contribution is -0.142. The molecule has 0 bridgehead atoms. The van der Waals surface area contributed by atoms with E-state index in [0.717, 1.165) is 30.4 Å². The third-order valence-corrected chi connectivity index (χ3v) is 4.10. The van der Waals surface area contributed by atoms with Crippen LogP contribution >= 0.6 is 0 Å². The third-order valence-electron chi connectivity index (χ3n) is 4.10. The van der Waals surface area contributed by atoms with Gasteiger partial charge in [0.05, 0.1) is 12.5 Å². The molecule has 2 rings (SSSR count). The van der Waals surface area contributed by atoms with E-state index < -0.39 is 12.0 Å². The van der Waals surface area contributed by atoms with Crippen molar-refractivity contribution in [3.8, 4) is 0 Å². The Kier molecular flexibility index (Phi) is 5.55. The lowest BCUT2D eigenvalue weighted by atomic mass is 10.0. The SMILES string of the molecule is Cc1ccc(C(NC(=O)CC2CCCCO2)C(=O)O)cc1C. The topological polar surface area (TPSA) is 75.6 Å². The molecular weight excluding hydrogens is 282 g/mol. The van der Waals surface area contributed by atoms with Crippen LogP contribution in [0.15, 0.2) is 18.2 Å². The molecule has 1 aromatic rings. The van der Waals surface area contributed by atoms with Gasteiger partial charge in [-0.25, -0.2) is 4.79 Å². The van der Waals surface area contributed by atoms with Gasteiger partial charge in [0, 0.05) is 6.61 Å². The summed E-state index contributed by atoms with van der Waals surface area (Å²) >= 11 is 0. The smallest absolute Gasteiger partial charge is 0.330 e. The van der Waals surface area contributed by atoms with E-state index in [9.17, 15) is 14.7 Å². The zero-order valence-electron chi connectivity index (χ0n) is 13.1. The fraction of sp³-hybridized carbons (Fsp3) is 0.529. The monoisotopic (exact) mass is 305 g/mol. The van der Waals surface area contributed by atoms with Crippen molar-refractivity contribution < 1.29 is 19.4 Å². The van der Waals surface area contributed by atoms with Crippen LogP contribution in [0, 0.1) is 13.8 Å². The van der Waals surface area contributed by atoms with Crippen LogP contribution in [0.1, 0.15) is 48.4 Å². The number of aryl methyl sites for hydroxylation is 2. The van der Waals surface area contributed by atoms with Crippen molar-refractivity contribution in [3.63, 3.8) is 0 Å². The molecule has 2 unspecified atom stereocenters. The number of benzene rings is 1. The minimum absolute atomic E-state index is 0.0945. The van der Waals surface area contributed by atoms with Crippen LogP contribution < -0.4 is 5.32 Å². The molecule has 0 radical (unpaired) electrons. The van der Waals surface area contributed by atoms with Crippen LogP contribution in [0.2, 0.25) is 0 Å². The lowest BCUT2D eigenvalue weighted by Gasteiger charge is -2.23. The highest BCUT2D eigenvalue weighted by Crippen LogP contribution is 2.19. The molecule has 1 fully saturated rings. The van der Waals surface area contributed by atoms with Crippen LogP contribution in [0.25, 0.3) is 0 Å². The molecule has 1 aliphatic rings. The highest BCUT2D eigenvalue weighted by atomic mass is 16.5. The fourth-order valence-electron chi connectivity index (χ4n) is 2.63. The first-order valence-electron chi connectivity index (χ1n) is 7.68. The molecule has 0 aromatic heterocycles. The molecule has 5 heteroatoms. The number of nitrogens with one attached hydrogen (secondary N) is 1. The summed E-state index contributed by atoms with van der Waals surface area (Å²) < 4.78 is 5.52. The summed E-state index contributed by atoms with van der Waals surface area (Å²) in [6, 6.07) is 4.41. The molecule has 0 saturated carbocycles. The summed E-state index contributed by atoms with van der Waals surface area (Å²) in [5.41, 5.74) is 2.69. The first-order valence-corrected chi connectivity index (χ1v) is 7.68. The number of hydrogen-bond acceptors (Lipinski definition) is 3. The number of aliphatic carboxylic acids is 1. The van der Waals surface area contributed by atoms with Gasteiger partial charge < -0.3 is 15.2 Å². The molecule has 2 atom stereocenters. The van der Waals surface area contributed by atoms with Gasteiger partial charge in [-0.1, -0.05) is 18.2 Å². The summed E-state index contributed by atoms with van der Waals surface area (Å²) in [4.78, 5) is 23.6. The van der Waals surface area contributed by atoms with E-state index in [1.807, 2.05) is 26.0 Å². The maximum atomic E-state index is 12.1. The van der Waals surface area contributed by atoms with Crippen molar-refractivity contribution in [2.75, 3.05) is 6.61 Å². The van der Waals surface area contributed by atoms with Gasteiger partial charge in [-0.3, -0.25) is 4.79 Å². The molecule has 1 aliphatic heterocycles. The highest BCUT2D eigenvalue weighted by Gasteiger charge is 2.25. The molecular formula is C17H23NO4. The second-order valence-electron chi connectivity index (χ2n) is 5.88. The Morgan fingerprint density at radius 3 is 2.68 bits per heavy atom. The van der Waals surface area contributed by atoms with E-state index in [4.69, 9.17) is 4.74 Å². The molecule has 0 spiro atoms. The summed E-state index contributed by atoms with van der Waals surface area (Å²) in [5.74, 6) is -1.33. The summed E-state index contributed by atoms with van der Waals surface area (Å²) in [7, 11) is 0. The number of carbonyl (C=O) groups excluding carboxylic acids is 1. The molecule has 1 heterocycles. The molecule has 0 aliphatic carbocycles. The van der Waals surface area contributed by atoms with Gasteiger partial charge in [-0.2, -0.15) is 0 Å².